The van der Waals surface area contributed by atoms with Crippen LogP contribution < -0.4 is 4.90 Å². The van der Waals surface area contributed by atoms with Gasteiger partial charge in [0.2, 0.25) is 0 Å². The fourth-order valence-corrected chi connectivity index (χ4v) is 2.61. The van der Waals surface area contributed by atoms with Gasteiger partial charge in [0.25, 0.3) is 0 Å². The lowest BCUT2D eigenvalue weighted by molar-refractivity contribution is 0.0697. The van der Waals surface area contributed by atoms with E-state index in [1.807, 2.05) is 24.1 Å². The van der Waals surface area contributed by atoms with Crippen LogP contribution in [0.1, 0.15) is 20.9 Å². The summed E-state index contributed by atoms with van der Waals surface area (Å²) >= 11 is 1.15. The largest absolute Gasteiger partial charge is 0.477 e. The molecule has 20 heavy (non-hydrogen) atoms. The minimum absolute atomic E-state index is 0.193. The van der Waals surface area contributed by atoms with Crippen LogP contribution in [0.15, 0.2) is 24.5 Å². The van der Waals surface area contributed by atoms with E-state index in [1.165, 1.54) is 7.11 Å². The van der Waals surface area contributed by atoms with Crippen molar-refractivity contribution in [3.05, 3.63) is 40.7 Å². The highest BCUT2D eigenvalue weighted by molar-refractivity contribution is 7.17. The number of hydrogen-bond acceptors (Lipinski definition) is 6. The van der Waals surface area contributed by atoms with Gasteiger partial charge in [0.1, 0.15) is 4.88 Å². The normalized spacial score (nSPS) is 10.5. The summed E-state index contributed by atoms with van der Waals surface area (Å²) in [7, 11) is 3.39. The van der Waals surface area contributed by atoms with Crippen LogP contribution in [-0.2, 0) is 17.9 Å². The monoisotopic (exact) mass is 293 g/mol. The molecular weight excluding hydrogens is 278 g/mol. The molecule has 1 N–H and O–H groups in total. The van der Waals surface area contributed by atoms with E-state index in [-0.39, 0.29) is 11.5 Å². The van der Waals surface area contributed by atoms with E-state index in [1.54, 1.807) is 12.4 Å². The fourth-order valence-electron chi connectivity index (χ4n) is 1.74. The Bertz CT molecular complexity index is 586. The molecular formula is C13H15N3O3S. The highest BCUT2D eigenvalue weighted by Crippen LogP contribution is 2.27. The minimum Gasteiger partial charge on any atom is -0.477 e. The van der Waals surface area contributed by atoms with E-state index >= 15 is 0 Å². The van der Waals surface area contributed by atoms with E-state index in [4.69, 9.17) is 9.84 Å². The molecule has 2 aromatic heterocycles. The van der Waals surface area contributed by atoms with Crippen LogP contribution in [0.3, 0.4) is 0 Å². The molecule has 0 amide bonds. The maximum atomic E-state index is 11.2. The van der Waals surface area contributed by atoms with Gasteiger partial charge in [-0.15, -0.1) is 0 Å². The summed E-state index contributed by atoms with van der Waals surface area (Å²) < 4.78 is 4.98. The Morgan fingerprint density at radius 2 is 2.35 bits per heavy atom. The molecule has 0 aromatic carbocycles. The summed E-state index contributed by atoms with van der Waals surface area (Å²) in [5.74, 6) is -0.976. The molecule has 6 nitrogen and oxygen atoms in total. The van der Waals surface area contributed by atoms with Crippen LogP contribution in [0.4, 0.5) is 5.13 Å². The zero-order valence-electron chi connectivity index (χ0n) is 11.2. The number of carboxylic acid groups (broad SMARTS) is 1. The lowest BCUT2D eigenvalue weighted by Gasteiger charge is -2.15. The molecule has 0 aliphatic heterocycles. The minimum atomic E-state index is -0.976. The van der Waals surface area contributed by atoms with E-state index in [0.717, 1.165) is 16.9 Å². The summed E-state index contributed by atoms with van der Waals surface area (Å²) in [4.78, 5) is 21.7. The maximum absolute atomic E-state index is 11.2. The molecule has 0 aliphatic carbocycles. The van der Waals surface area contributed by atoms with Gasteiger partial charge in [0, 0.05) is 33.1 Å². The quantitative estimate of drug-likeness (QED) is 0.878. The van der Waals surface area contributed by atoms with Gasteiger partial charge in [-0.3, -0.25) is 4.98 Å². The first-order chi connectivity index (χ1) is 9.61. The molecule has 0 spiro atoms. The Morgan fingerprint density at radius 1 is 1.55 bits per heavy atom. The smallest absolute Gasteiger partial charge is 0.347 e. The molecule has 0 bridgehead atoms. The first-order valence-corrected chi connectivity index (χ1v) is 6.75. The lowest BCUT2D eigenvalue weighted by atomic mass is 10.3. The van der Waals surface area contributed by atoms with Crippen molar-refractivity contribution in [3.8, 4) is 0 Å². The van der Waals surface area contributed by atoms with Gasteiger partial charge in [-0.05, 0) is 11.6 Å². The van der Waals surface area contributed by atoms with Crippen LogP contribution in [0, 0.1) is 0 Å². The van der Waals surface area contributed by atoms with E-state index in [2.05, 4.69) is 9.97 Å². The summed E-state index contributed by atoms with van der Waals surface area (Å²) in [6.07, 6.45) is 3.49. The number of nitrogens with zero attached hydrogens (tertiary/aromatic N) is 3. The third-order valence-corrected chi connectivity index (χ3v) is 3.83. The summed E-state index contributed by atoms with van der Waals surface area (Å²) in [5, 5.41) is 9.81. The van der Waals surface area contributed by atoms with Crippen molar-refractivity contribution < 1.29 is 14.6 Å². The number of aromatic nitrogens is 2. The standard InChI is InChI=1S/C13H15N3O3S/c1-16(7-9-4-3-5-14-6-9)13-15-10(8-19-2)11(20-13)12(17)18/h3-6H,7-8H2,1-2H3,(H,17,18). The number of hydrogen-bond donors (Lipinski definition) is 1. The average molecular weight is 293 g/mol. The van der Waals surface area contributed by atoms with Gasteiger partial charge in [-0.2, -0.15) is 0 Å². The van der Waals surface area contributed by atoms with Crippen molar-refractivity contribution >= 4 is 22.4 Å². The Morgan fingerprint density at radius 3 is 2.95 bits per heavy atom. The Labute approximate surface area is 120 Å². The number of methoxy groups -OCH3 is 1. The zero-order valence-corrected chi connectivity index (χ0v) is 12.1. The predicted molar refractivity (Wildman–Crippen MR) is 76.1 cm³/mol. The number of pyridine rings is 1. The van der Waals surface area contributed by atoms with Crippen molar-refractivity contribution in [3.63, 3.8) is 0 Å². The van der Waals surface area contributed by atoms with Gasteiger partial charge in [-0.1, -0.05) is 17.4 Å². The topological polar surface area (TPSA) is 75.5 Å². The first kappa shape index (κ1) is 14.4. The van der Waals surface area contributed by atoms with Crippen molar-refractivity contribution in [1.82, 2.24) is 9.97 Å². The number of anilines is 1. The van der Waals surface area contributed by atoms with Crippen molar-refractivity contribution in [1.29, 1.82) is 0 Å². The van der Waals surface area contributed by atoms with Crippen LogP contribution in [0.25, 0.3) is 0 Å². The molecule has 0 fully saturated rings. The van der Waals surface area contributed by atoms with Crippen molar-refractivity contribution in [2.24, 2.45) is 0 Å². The predicted octanol–water partition coefficient (Wildman–Crippen LogP) is 2.02. The number of thiazole rings is 1. The Hall–Kier alpha value is -1.99. The second-order valence-electron chi connectivity index (χ2n) is 4.23. The van der Waals surface area contributed by atoms with Gasteiger partial charge in [-0.25, -0.2) is 9.78 Å². The third-order valence-electron chi connectivity index (χ3n) is 2.63. The van der Waals surface area contributed by atoms with Gasteiger partial charge >= 0.3 is 5.97 Å². The molecule has 0 radical (unpaired) electrons. The zero-order chi connectivity index (χ0) is 14.5. The van der Waals surface area contributed by atoms with E-state index < -0.39 is 5.97 Å². The summed E-state index contributed by atoms with van der Waals surface area (Å²) in [6.45, 7) is 0.811. The summed E-state index contributed by atoms with van der Waals surface area (Å²) in [5.41, 5.74) is 1.49. The molecule has 2 rings (SSSR count). The Balaban J connectivity index is 2.19. The molecule has 7 heteroatoms. The first-order valence-electron chi connectivity index (χ1n) is 5.93. The number of carboxylic acids is 1. The van der Waals surface area contributed by atoms with Crippen molar-refractivity contribution in [2.45, 2.75) is 13.2 Å². The Kier molecular flexibility index (Phi) is 4.65. The molecule has 2 heterocycles. The SMILES string of the molecule is COCc1nc(N(C)Cc2cccnc2)sc1C(=O)O. The highest BCUT2D eigenvalue weighted by Gasteiger charge is 2.19. The van der Waals surface area contributed by atoms with E-state index in [0.29, 0.717) is 17.4 Å². The second-order valence-corrected chi connectivity index (χ2v) is 5.21. The molecule has 0 saturated heterocycles. The third kappa shape index (κ3) is 3.31. The average Bonchev–Trinajstić information content (AvgIpc) is 2.85. The molecule has 0 atom stereocenters. The van der Waals surface area contributed by atoms with Crippen LogP contribution in [-0.4, -0.2) is 35.2 Å². The number of aromatic carboxylic acids is 1. The number of carbonyl (C=O) groups is 1. The van der Waals surface area contributed by atoms with Gasteiger partial charge < -0.3 is 14.7 Å². The van der Waals surface area contributed by atoms with Crippen LogP contribution >= 0.6 is 11.3 Å². The second kappa shape index (κ2) is 6.44. The van der Waals surface area contributed by atoms with Gasteiger partial charge in [0.15, 0.2) is 5.13 Å². The molecule has 0 unspecified atom stereocenters. The lowest BCUT2D eigenvalue weighted by Crippen LogP contribution is -2.16. The number of rotatable bonds is 6. The van der Waals surface area contributed by atoms with Crippen LogP contribution in [0.5, 0.6) is 0 Å². The number of ether oxygens (including phenoxy) is 1. The highest BCUT2D eigenvalue weighted by atomic mass is 32.1. The van der Waals surface area contributed by atoms with E-state index in [9.17, 15) is 4.79 Å². The van der Waals surface area contributed by atoms with Crippen LogP contribution in [0.2, 0.25) is 0 Å². The molecule has 0 saturated carbocycles. The molecule has 0 aliphatic rings. The maximum Gasteiger partial charge on any atom is 0.347 e. The van der Waals surface area contributed by atoms with Gasteiger partial charge in [0.05, 0.1) is 12.3 Å². The summed E-state index contributed by atoms with van der Waals surface area (Å²) in [6, 6.07) is 3.83. The fraction of sp³-hybridized carbons (Fsp3) is 0.308. The molecule has 2 aromatic rings. The molecule has 106 valence electrons. The van der Waals surface area contributed by atoms with Crippen molar-refractivity contribution in [2.75, 3.05) is 19.1 Å².